The maximum absolute atomic E-state index is 13.3. The fourth-order valence-electron chi connectivity index (χ4n) is 2.94. The lowest BCUT2D eigenvalue weighted by Crippen LogP contribution is -2.40. The van der Waals surface area contributed by atoms with Gasteiger partial charge in [-0.25, -0.2) is 10.4 Å². The molecule has 1 aromatic heterocycles. The normalized spacial score (nSPS) is 22.9. The Morgan fingerprint density at radius 1 is 1.21 bits per heavy atom. The van der Waals surface area contributed by atoms with Crippen molar-refractivity contribution in [2.24, 2.45) is 4.99 Å². The van der Waals surface area contributed by atoms with E-state index in [4.69, 9.17) is 0 Å². The molecule has 158 valence electrons. The molecule has 2 atom stereocenters. The average molecular weight is 422 g/mol. The Morgan fingerprint density at radius 3 is 2.45 bits per heavy atom. The van der Waals surface area contributed by atoms with Crippen molar-refractivity contribution in [3.63, 3.8) is 0 Å². The van der Waals surface area contributed by atoms with Crippen LogP contribution in [0.5, 0.6) is 0 Å². The lowest BCUT2D eigenvalue weighted by molar-refractivity contribution is -0.142. The topological polar surface area (TPSA) is 89.8 Å². The largest absolute Gasteiger partial charge is 0.433 e. The number of amidine groups is 1. The first-order valence-corrected chi connectivity index (χ1v) is 8.33. The Hall–Kier alpha value is -2.44. The maximum atomic E-state index is 13.3. The minimum atomic E-state index is -5.01. The molecule has 29 heavy (non-hydrogen) atoms. The summed E-state index contributed by atoms with van der Waals surface area (Å²) in [6.07, 6.45) is -11.5. The Bertz CT molecular complexity index is 955. The number of pyridine rings is 1. The number of nitrogens with zero attached hydrogens (tertiary/aromatic N) is 2. The molecule has 0 aliphatic carbocycles. The summed E-state index contributed by atoms with van der Waals surface area (Å²) in [7, 11) is 0. The van der Waals surface area contributed by atoms with Gasteiger partial charge in [-0.3, -0.25) is 4.99 Å². The van der Waals surface area contributed by atoms with Gasteiger partial charge in [0.05, 0.1) is 23.7 Å². The quantitative estimate of drug-likeness (QED) is 0.572. The van der Waals surface area contributed by atoms with Crippen LogP contribution in [0.2, 0.25) is 0 Å². The van der Waals surface area contributed by atoms with Gasteiger partial charge < -0.3 is 15.6 Å². The summed E-state index contributed by atoms with van der Waals surface area (Å²) >= 11 is 0. The number of rotatable bonds is 3. The molecule has 1 aromatic carbocycles. The van der Waals surface area contributed by atoms with Crippen molar-refractivity contribution >= 4 is 16.7 Å². The molecule has 6 nitrogen and oxygen atoms in total. The molecule has 12 heteroatoms. The number of hydrazine groups is 1. The number of para-hydroxylation sites is 1. The number of aromatic nitrogens is 1. The summed E-state index contributed by atoms with van der Waals surface area (Å²) in [6.45, 7) is 1.01. The van der Waals surface area contributed by atoms with E-state index in [2.05, 4.69) is 20.8 Å². The van der Waals surface area contributed by atoms with Crippen LogP contribution in [0.15, 0.2) is 29.3 Å². The predicted octanol–water partition coefficient (Wildman–Crippen LogP) is 2.91. The highest BCUT2D eigenvalue weighted by molar-refractivity contribution is 5.87. The van der Waals surface area contributed by atoms with Gasteiger partial charge in [0.1, 0.15) is 17.3 Å². The molecule has 2 unspecified atom stereocenters. The maximum Gasteiger partial charge on any atom is 0.433 e. The van der Waals surface area contributed by atoms with Crippen LogP contribution in [-0.4, -0.2) is 33.3 Å². The molecule has 1 aliphatic heterocycles. The number of halogens is 6. The molecule has 1 aliphatic rings. The first kappa shape index (κ1) is 21.3. The van der Waals surface area contributed by atoms with Crippen molar-refractivity contribution in [1.82, 2.24) is 15.8 Å². The van der Waals surface area contributed by atoms with Gasteiger partial charge in [0.25, 0.3) is 0 Å². The van der Waals surface area contributed by atoms with Gasteiger partial charge in [-0.15, -0.1) is 0 Å². The lowest BCUT2D eigenvalue weighted by atomic mass is 9.99. The molecular formula is C17H16F6N4O2. The molecule has 2 heterocycles. The van der Waals surface area contributed by atoms with Gasteiger partial charge in [-0.05, 0) is 24.6 Å². The van der Waals surface area contributed by atoms with E-state index in [0.29, 0.717) is 12.1 Å². The van der Waals surface area contributed by atoms with Crippen molar-refractivity contribution in [3.05, 3.63) is 41.1 Å². The van der Waals surface area contributed by atoms with Crippen molar-refractivity contribution in [2.75, 3.05) is 6.54 Å². The Balaban J connectivity index is 2.07. The highest BCUT2D eigenvalue weighted by Gasteiger charge is 2.38. The van der Waals surface area contributed by atoms with E-state index in [9.17, 15) is 36.6 Å². The first-order valence-electron chi connectivity index (χ1n) is 8.33. The van der Waals surface area contributed by atoms with Crippen LogP contribution < -0.4 is 10.9 Å². The monoisotopic (exact) mass is 422 g/mol. The number of benzene rings is 1. The number of aliphatic imine (C=N–C) groups is 1. The smallest absolute Gasteiger partial charge is 0.386 e. The van der Waals surface area contributed by atoms with Crippen molar-refractivity contribution in [1.29, 1.82) is 0 Å². The zero-order chi connectivity index (χ0) is 21.6. The van der Waals surface area contributed by atoms with Gasteiger partial charge >= 0.3 is 12.4 Å². The Kier molecular flexibility index (Phi) is 5.22. The number of nitrogens with one attached hydrogen (secondary N) is 2. The Morgan fingerprint density at radius 2 is 1.90 bits per heavy atom. The van der Waals surface area contributed by atoms with E-state index < -0.39 is 47.5 Å². The first-order chi connectivity index (χ1) is 13.3. The van der Waals surface area contributed by atoms with Crippen LogP contribution >= 0.6 is 0 Å². The molecule has 0 amide bonds. The third-order valence-electron chi connectivity index (χ3n) is 4.27. The molecular weight excluding hydrogens is 406 g/mol. The number of hydrogen-bond donors (Lipinski definition) is 4. The van der Waals surface area contributed by atoms with Crippen molar-refractivity contribution < 1.29 is 36.6 Å². The summed E-state index contributed by atoms with van der Waals surface area (Å²) in [4.78, 5) is 7.14. The third kappa shape index (κ3) is 4.60. The zero-order valence-electron chi connectivity index (χ0n) is 14.9. The highest BCUT2D eigenvalue weighted by Crippen LogP contribution is 2.39. The number of aliphatic hydroxyl groups is 2. The molecule has 0 radical (unpaired) electrons. The van der Waals surface area contributed by atoms with Crippen molar-refractivity contribution in [2.45, 2.75) is 37.5 Å². The van der Waals surface area contributed by atoms with Crippen LogP contribution in [-0.2, 0) is 12.4 Å². The second-order valence-electron chi connectivity index (χ2n) is 6.80. The van der Waals surface area contributed by atoms with Crippen LogP contribution in [0, 0.1) is 0 Å². The standard InChI is InChI=1S/C17H16F6N4O2/c1-15(29)6-13(26-27-15)24-7-11(28)9-5-12(17(21,22)23)25-14-8(9)3-2-4-10(14)16(18,19)20/h2-5,11,27-29H,6-7H2,1H3,(H,24,26). The molecule has 0 spiro atoms. The molecule has 3 rings (SSSR count). The van der Waals surface area contributed by atoms with E-state index in [0.717, 1.165) is 12.1 Å². The van der Waals surface area contributed by atoms with Gasteiger partial charge in [-0.1, -0.05) is 12.1 Å². The summed E-state index contributed by atoms with van der Waals surface area (Å²) in [5, 5.41) is 19.9. The fraction of sp³-hybridized carbons (Fsp3) is 0.412. The molecule has 0 saturated carbocycles. The number of hydrogen-bond acceptors (Lipinski definition) is 5. The minimum absolute atomic E-state index is 0.0445. The average Bonchev–Trinajstić information content (AvgIpc) is 2.95. The van der Waals surface area contributed by atoms with Crippen LogP contribution in [0.3, 0.4) is 0 Å². The second-order valence-corrected chi connectivity index (χ2v) is 6.80. The Labute approximate surface area is 160 Å². The summed E-state index contributed by atoms with van der Waals surface area (Å²) in [6, 6.07) is 3.33. The van der Waals surface area contributed by atoms with Gasteiger partial charge in [0.15, 0.2) is 0 Å². The number of alkyl halides is 6. The van der Waals surface area contributed by atoms with E-state index in [1.165, 1.54) is 6.92 Å². The summed E-state index contributed by atoms with van der Waals surface area (Å²) in [5.74, 6) is 0.236. The number of fused-ring (bicyclic) bond motifs is 1. The van der Waals surface area contributed by atoms with Crippen molar-refractivity contribution in [3.8, 4) is 0 Å². The van der Waals surface area contributed by atoms with Gasteiger partial charge in [0, 0.05) is 11.8 Å². The molecule has 0 bridgehead atoms. The number of aliphatic hydroxyl groups excluding tert-OH is 1. The van der Waals surface area contributed by atoms with E-state index in [-0.39, 0.29) is 23.2 Å². The lowest BCUT2D eigenvalue weighted by Gasteiger charge is -2.18. The van der Waals surface area contributed by atoms with E-state index in [1.807, 2.05) is 0 Å². The fourth-order valence-corrected chi connectivity index (χ4v) is 2.94. The molecule has 4 N–H and O–H groups in total. The van der Waals surface area contributed by atoms with E-state index in [1.54, 1.807) is 0 Å². The molecule has 1 saturated heterocycles. The second kappa shape index (κ2) is 7.11. The van der Waals surface area contributed by atoms with Gasteiger partial charge in [0.2, 0.25) is 0 Å². The molecule has 2 aromatic rings. The summed E-state index contributed by atoms with van der Waals surface area (Å²) < 4.78 is 79.4. The predicted molar refractivity (Wildman–Crippen MR) is 90.5 cm³/mol. The van der Waals surface area contributed by atoms with Crippen LogP contribution in [0.4, 0.5) is 26.3 Å². The summed E-state index contributed by atoms with van der Waals surface area (Å²) in [5.41, 5.74) is -0.404. The third-order valence-corrected chi connectivity index (χ3v) is 4.27. The SMILES string of the molecule is CC1(O)CC(=NCC(O)c2cc(C(F)(F)F)nc3c(C(F)(F)F)cccc23)NN1. The van der Waals surface area contributed by atoms with Crippen LogP contribution in [0.25, 0.3) is 10.9 Å². The van der Waals surface area contributed by atoms with E-state index >= 15 is 0 Å². The molecule has 1 fully saturated rings. The highest BCUT2D eigenvalue weighted by atomic mass is 19.4. The minimum Gasteiger partial charge on any atom is -0.386 e. The van der Waals surface area contributed by atoms with Gasteiger partial charge in [-0.2, -0.15) is 26.3 Å². The zero-order valence-corrected chi connectivity index (χ0v) is 14.9. The van der Waals surface area contributed by atoms with Crippen LogP contribution in [0.1, 0.15) is 36.3 Å².